The lowest BCUT2D eigenvalue weighted by atomic mass is 10.1. The van der Waals surface area contributed by atoms with Crippen LogP contribution in [0.25, 0.3) is 0 Å². The van der Waals surface area contributed by atoms with Crippen LogP contribution in [0, 0.1) is 11.3 Å². The van der Waals surface area contributed by atoms with Crippen LogP contribution in [0.4, 0.5) is 0 Å². The molecule has 0 aliphatic carbocycles. The molecule has 0 heterocycles. The predicted octanol–water partition coefficient (Wildman–Crippen LogP) is 1.60. The number of halogens is 1. The van der Waals surface area contributed by atoms with Gasteiger partial charge in [0.15, 0.2) is 0 Å². The number of nitrogens with zero attached hydrogens (tertiary/aromatic N) is 1. The normalized spacial score (nSPS) is 12.9. The van der Waals surface area contributed by atoms with E-state index in [4.69, 9.17) is 16.9 Å². The number of sulfonamides is 1. The van der Waals surface area contributed by atoms with E-state index in [0.717, 1.165) is 0 Å². The fourth-order valence-electron chi connectivity index (χ4n) is 1.52. The van der Waals surface area contributed by atoms with E-state index in [-0.39, 0.29) is 25.2 Å². The van der Waals surface area contributed by atoms with Crippen LogP contribution in [-0.2, 0) is 10.0 Å². The molecule has 0 spiro atoms. The maximum Gasteiger partial charge on any atom is 0.212 e. The summed E-state index contributed by atoms with van der Waals surface area (Å²) in [5.41, 5.74) is 0.635. The molecule has 1 unspecified atom stereocenters. The molecule has 0 bridgehead atoms. The fourth-order valence-corrected chi connectivity index (χ4v) is 2.94. The van der Waals surface area contributed by atoms with Crippen LogP contribution in [0.3, 0.4) is 0 Å². The number of nitrogens with one attached hydrogen (secondary N) is 1. The van der Waals surface area contributed by atoms with E-state index < -0.39 is 16.1 Å². The molecule has 0 saturated heterocycles. The molecular weight excluding hydrogens is 288 g/mol. The van der Waals surface area contributed by atoms with E-state index in [1.807, 2.05) is 6.07 Å². The third-order valence-corrected chi connectivity index (χ3v) is 4.20. The maximum absolute atomic E-state index is 11.8. The molecule has 0 aliphatic heterocycles. The van der Waals surface area contributed by atoms with Crippen LogP contribution in [-0.4, -0.2) is 25.9 Å². The largest absolute Gasteiger partial charge is 0.394 e. The number of nitriles is 1. The Balaban J connectivity index is 2.71. The lowest BCUT2D eigenvalue weighted by Crippen LogP contribution is -2.32. The number of rotatable bonds is 7. The van der Waals surface area contributed by atoms with E-state index in [1.54, 1.807) is 24.3 Å². The van der Waals surface area contributed by atoms with E-state index >= 15 is 0 Å². The smallest absolute Gasteiger partial charge is 0.212 e. The predicted molar refractivity (Wildman–Crippen MR) is 73.0 cm³/mol. The Kier molecular flexibility index (Phi) is 6.25. The van der Waals surface area contributed by atoms with Gasteiger partial charge in [0.05, 0.1) is 24.5 Å². The van der Waals surface area contributed by atoms with Gasteiger partial charge in [-0.15, -0.1) is 0 Å². The zero-order valence-electron chi connectivity index (χ0n) is 10.2. The number of hydrogen-bond acceptors (Lipinski definition) is 4. The van der Waals surface area contributed by atoms with Gasteiger partial charge in [0.1, 0.15) is 0 Å². The van der Waals surface area contributed by atoms with Gasteiger partial charge in [-0.3, -0.25) is 0 Å². The zero-order chi connectivity index (χ0) is 14.3. The monoisotopic (exact) mass is 302 g/mol. The molecule has 1 rings (SSSR count). The third-order valence-electron chi connectivity index (χ3n) is 2.48. The van der Waals surface area contributed by atoms with Gasteiger partial charge in [0.2, 0.25) is 10.0 Å². The molecule has 19 heavy (non-hydrogen) atoms. The van der Waals surface area contributed by atoms with Crippen LogP contribution < -0.4 is 4.72 Å². The molecule has 1 aromatic carbocycles. The summed E-state index contributed by atoms with van der Waals surface area (Å²) in [6.45, 7) is -0.348. The van der Waals surface area contributed by atoms with Crippen LogP contribution in [0.15, 0.2) is 24.3 Å². The quantitative estimate of drug-likeness (QED) is 0.749. The summed E-state index contributed by atoms with van der Waals surface area (Å²) >= 11 is 5.75. The molecule has 104 valence electrons. The van der Waals surface area contributed by atoms with Crippen LogP contribution in [0.1, 0.15) is 24.4 Å². The number of aliphatic hydroxyl groups excluding tert-OH is 1. The zero-order valence-corrected chi connectivity index (χ0v) is 11.8. The van der Waals surface area contributed by atoms with Gasteiger partial charge in [-0.05, 0) is 24.1 Å². The Labute approximate surface area is 117 Å². The Bertz CT molecular complexity index is 537. The minimum Gasteiger partial charge on any atom is -0.394 e. The number of aliphatic hydroxyl groups is 1. The van der Waals surface area contributed by atoms with Crippen molar-refractivity contribution >= 4 is 21.6 Å². The highest BCUT2D eigenvalue weighted by atomic mass is 35.5. The van der Waals surface area contributed by atoms with E-state index in [2.05, 4.69) is 4.72 Å². The van der Waals surface area contributed by atoms with Gasteiger partial charge in [0, 0.05) is 11.4 Å². The van der Waals surface area contributed by atoms with Crippen molar-refractivity contribution in [1.29, 1.82) is 5.26 Å². The van der Waals surface area contributed by atoms with Gasteiger partial charge in [-0.25, -0.2) is 13.1 Å². The molecule has 0 amide bonds. The van der Waals surface area contributed by atoms with Crippen molar-refractivity contribution in [3.8, 4) is 6.07 Å². The van der Waals surface area contributed by atoms with Gasteiger partial charge in [0.25, 0.3) is 0 Å². The van der Waals surface area contributed by atoms with Gasteiger partial charge >= 0.3 is 0 Å². The van der Waals surface area contributed by atoms with E-state index in [9.17, 15) is 13.5 Å². The van der Waals surface area contributed by atoms with Crippen molar-refractivity contribution in [3.63, 3.8) is 0 Å². The van der Waals surface area contributed by atoms with Crippen molar-refractivity contribution in [2.75, 3.05) is 12.4 Å². The summed E-state index contributed by atoms with van der Waals surface area (Å²) in [4.78, 5) is 0. The van der Waals surface area contributed by atoms with Crippen molar-refractivity contribution in [3.05, 3.63) is 34.9 Å². The second kappa shape index (κ2) is 7.46. The summed E-state index contributed by atoms with van der Waals surface area (Å²) in [5, 5.41) is 18.2. The first-order valence-corrected chi connectivity index (χ1v) is 7.75. The molecule has 0 fully saturated rings. The molecule has 0 saturated carbocycles. The first-order chi connectivity index (χ1) is 8.98. The molecule has 2 N–H and O–H groups in total. The summed E-state index contributed by atoms with van der Waals surface area (Å²) < 4.78 is 25.9. The molecule has 1 atom stereocenters. The van der Waals surface area contributed by atoms with Crippen molar-refractivity contribution in [2.45, 2.75) is 18.9 Å². The highest BCUT2D eigenvalue weighted by Crippen LogP contribution is 2.17. The van der Waals surface area contributed by atoms with Gasteiger partial charge < -0.3 is 5.11 Å². The summed E-state index contributed by atoms with van der Waals surface area (Å²) in [6, 6.07) is 7.75. The molecule has 0 aliphatic rings. The number of benzene rings is 1. The van der Waals surface area contributed by atoms with E-state index in [0.29, 0.717) is 10.6 Å². The highest BCUT2D eigenvalue weighted by molar-refractivity contribution is 7.89. The Morgan fingerprint density at radius 3 is 2.53 bits per heavy atom. The third kappa shape index (κ3) is 5.57. The standard InChI is InChI=1S/C12H15ClN2O3S/c13-11-5-3-10(4-6-11)12(9-16)15-19(17,18)8-2-1-7-14/h3-6,12,15-16H,1-2,8-9H2. The minimum atomic E-state index is -3.52. The van der Waals surface area contributed by atoms with Crippen LogP contribution in [0.5, 0.6) is 0 Å². The van der Waals surface area contributed by atoms with Crippen molar-refractivity contribution < 1.29 is 13.5 Å². The highest BCUT2D eigenvalue weighted by Gasteiger charge is 2.18. The Morgan fingerprint density at radius 1 is 1.37 bits per heavy atom. The number of hydrogen-bond donors (Lipinski definition) is 2. The minimum absolute atomic E-state index is 0.134. The molecule has 0 aromatic heterocycles. The Morgan fingerprint density at radius 2 is 2.00 bits per heavy atom. The van der Waals surface area contributed by atoms with Crippen LogP contribution >= 0.6 is 11.6 Å². The average Bonchev–Trinajstić information content (AvgIpc) is 2.37. The average molecular weight is 303 g/mol. The molecule has 7 heteroatoms. The first-order valence-electron chi connectivity index (χ1n) is 5.72. The summed E-state index contributed by atoms with van der Waals surface area (Å²) in [5.74, 6) is -0.134. The second-order valence-electron chi connectivity index (χ2n) is 3.99. The van der Waals surface area contributed by atoms with Gasteiger partial charge in [-0.2, -0.15) is 5.26 Å². The summed E-state index contributed by atoms with van der Waals surface area (Å²) in [7, 11) is -3.52. The topological polar surface area (TPSA) is 90.2 Å². The maximum atomic E-state index is 11.8. The van der Waals surface area contributed by atoms with Crippen LogP contribution in [0.2, 0.25) is 5.02 Å². The lowest BCUT2D eigenvalue weighted by Gasteiger charge is -2.16. The van der Waals surface area contributed by atoms with Gasteiger partial charge in [-0.1, -0.05) is 23.7 Å². The van der Waals surface area contributed by atoms with Crippen molar-refractivity contribution in [1.82, 2.24) is 4.72 Å². The molecule has 0 radical (unpaired) electrons. The molecule has 5 nitrogen and oxygen atoms in total. The van der Waals surface area contributed by atoms with Crippen molar-refractivity contribution in [2.24, 2.45) is 0 Å². The lowest BCUT2D eigenvalue weighted by molar-refractivity contribution is 0.259. The Hall–Kier alpha value is -1.13. The molecule has 1 aromatic rings. The SMILES string of the molecule is N#CCCCS(=O)(=O)NC(CO)c1ccc(Cl)cc1. The summed E-state index contributed by atoms with van der Waals surface area (Å²) in [6.07, 6.45) is 0.455. The van der Waals surface area contributed by atoms with E-state index in [1.165, 1.54) is 0 Å². The second-order valence-corrected chi connectivity index (χ2v) is 6.29. The molecular formula is C12H15ClN2O3S. The number of unbranched alkanes of at least 4 members (excludes halogenated alkanes) is 1. The fraction of sp³-hybridized carbons (Fsp3) is 0.417. The first kappa shape index (κ1) is 15.9.